The van der Waals surface area contributed by atoms with Crippen LogP contribution in [0.1, 0.15) is 22.0 Å². The number of amides is 1. The van der Waals surface area contributed by atoms with Crippen LogP contribution in [0.3, 0.4) is 0 Å². The summed E-state index contributed by atoms with van der Waals surface area (Å²) in [5.41, 5.74) is -0.0584. The van der Waals surface area contributed by atoms with Crippen LogP contribution >= 0.6 is 0 Å². The smallest absolute Gasteiger partial charge is 0.335 e. The molecule has 2 rings (SSSR count). The summed E-state index contributed by atoms with van der Waals surface area (Å²) in [5.74, 6) is -1.81. The van der Waals surface area contributed by atoms with Crippen LogP contribution in [0, 0.1) is 0 Å². The molecule has 1 amide bonds. The fourth-order valence-electron chi connectivity index (χ4n) is 1.63. The van der Waals surface area contributed by atoms with E-state index >= 15 is 0 Å². The molecular weight excluding hydrogens is 262 g/mol. The third-order valence-corrected chi connectivity index (χ3v) is 2.62. The van der Waals surface area contributed by atoms with Gasteiger partial charge in [-0.05, 0) is 11.6 Å². The van der Waals surface area contributed by atoms with Gasteiger partial charge in [0.2, 0.25) is 0 Å². The Morgan fingerprint density at radius 1 is 1.10 bits per heavy atom. The zero-order valence-corrected chi connectivity index (χ0v) is 10.3. The zero-order valence-electron chi connectivity index (χ0n) is 10.3. The second-order valence-electron chi connectivity index (χ2n) is 4.00. The lowest BCUT2D eigenvalue weighted by molar-refractivity contribution is -0.139. The molecule has 2 N–H and O–H groups in total. The first-order valence-corrected chi connectivity index (χ1v) is 5.75. The number of carboxylic acids is 1. The maximum atomic E-state index is 11.9. The van der Waals surface area contributed by atoms with Gasteiger partial charge in [-0.2, -0.15) is 0 Å². The van der Waals surface area contributed by atoms with Crippen molar-refractivity contribution in [2.75, 3.05) is 0 Å². The van der Waals surface area contributed by atoms with Crippen molar-refractivity contribution in [1.82, 2.24) is 5.32 Å². The van der Waals surface area contributed by atoms with Gasteiger partial charge in [-0.3, -0.25) is 4.79 Å². The van der Waals surface area contributed by atoms with Crippen LogP contribution in [-0.2, 0) is 4.79 Å². The van der Waals surface area contributed by atoms with E-state index in [9.17, 15) is 19.5 Å². The van der Waals surface area contributed by atoms with Gasteiger partial charge in [-0.15, -0.1) is 0 Å². The van der Waals surface area contributed by atoms with E-state index in [2.05, 4.69) is 9.73 Å². The van der Waals surface area contributed by atoms with Crippen LogP contribution in [0.2, 0.25) is 0 Å². The van der Waals surface area contributed by atoms with Gasteiger partial charge in [0, 0.05) is 6.07 Å². The molecule has 2 aromatic rings. The Morgan fingerprint density at radius 3 is 2.35 bits per heavy atom. The van der Waals surface area contributed by atoms with E-state index < -0.39 is 23.5 Å². The normalized spacial score (nSPS) is 11.6. The van der Waals surface area contributed by atoms with Crippen LogP contribution < -0.4 is 10.9 Å². The predicted octanol–water partition coefficient (Wildman–Crippen LogP) is 1.20. The summed E-state index contributed by atoms with van der Waals surface area (Å²) in [7, 11) is 0. The molecule has 0 aliphatic heterocycles. The SMILES string of the molecule is O=C(N[C@@H](C(=O)O)c1ccccc1)c1ccc(=O)oc1. The Labute approximate surface area is 113 Å². The molecule has 1 aromatic heterocycles. The highest BCUT2D eigenvalue weighted by atomic mass is 16.4. The minimum absolute atomic E-state index is 0.0757. The third-order valence-electron chi connectivity index (χ3n) is 2.62. The summed E-state index contributed by atoms with van der Waals surface area (Å²) in [6.07, 6.45) is 0.988. The summed E-state index contributed by atoms with van der Waals surface area (Å²) < 4.78 is 4.56. The molecule has 0 saturated carbocycles. The first kappa shape index (κ1) is 13.5. The van der Waals surface area contributed by atoms with E-state index in [1.165, 1.54) is 6.07 Å². The van der Waals surface area contributed by atoms with E-state index in [4.69, 9.17) is 0 Å². The summed E-state index contributed by atoms with van der Waals surface area (Å²) in [5, 5.41) is 11.5. The molecule has 20 heavy (non-hydrogen) atoms. The van der Waals surface area contributed by atoms with Crippen molar-refractivity contribution in [3.63, 3.8) is 0 Å². The van der Waals surface area contributed by atoms with Crippen LogP contribution in [0.25, 0.3) is 0 Å². The average Bonchev–Trinajstić information content (AvgIpc) is 2.46. The molecule has 0 bridgehead atoms. The number of nitrogens with one attached hydrogen (secondary N) is 1. The number of benzene rings is 1. The summed E-state index contributed by atoms with van der Waals surface area (Å²) in [6.45, 7) is 0. The Balaban J connectivity index is 2.21. The van der Waals surface area contributed by atoms with Crippen molar-refractivity contribution < 1.29 is 19.1 Å². The van der Waals surface area contributed by atoms with E-state index in [0.717, 1.165) is 12.3 Å². The van der Waals surface area contributed by atoms with Gasteiger partial charge in [0.05, 0.1) is 5.56 Å². The summed E-state index contributed by atoms with van der Waals surface area (Å²) in [6, 6.07) is 9.50. The van der Waals surface area contributed by atoms with E-state index in [0.29, 0.717) is 5.56 Å². The maximum Gasteiger partial charge on any atom is 0.335 e. The van der Waals surface area contributed by atoms with E-state index in [-0.39, 0.29) is 5.56 Å². The summed E-state index contributed by atoms with van der Waals surface area (Å²) >= 11 is 0. The molecule has 6 nitrogen and oxygen atoms in total. The van der Waals surface area contributed by atoms with Crippen molar-refractivity contribution in [1.29, 1.82) is 0 Å². The number of hydrogen-bond acceptors (Lipinski definition) is 4. The molecule has 0 fully saturated rings. The van der Waals surface area contributed by atoms with E-state index in [1.807, 2.05) is 0 Å². The minimum atomic E-state index is -1.18. The average molecular weight is 273 g/mol. The molecule has 1 atom stereocenters. The molecular formula is C14H11NO5. The van der Waals surface area contributed by atoms with Gasteiger partial charge < -0.3 is 14.8 Å². The largest absolute Gasteiger partial charge is 0.479 e. The lowest BCUT2D eigenvalue weighted by Crippen LogP contribution is -2.33. The second-order valence-corrected chi connectivity index (χ2v) is 4.00. The Hall–Kier alpha value is -2.89. The maximum absolute atomic E-state index is 11.9. The highest BCUT2D eigenvalue weighted by Crippen LogP contribution is 2.13. The number of rotatable bonds is 4. The molecule has 0 saturated heterocycles. The first-order valence-electron chi connectivity index (χ1n) is 5.75. The molecule has 1 heterocycles. The zero-order chi connectivity index (χ0) is 14.5. The van der Waals surface area contributed by atoms with Crippen molar-refractivity contribution in [3.8, 4) is 0 Å². The number of carbonyl (C=O) groups is 2. The standard InChI is InChI=1S/C14H11NO5/c16-11-7-6-10(8-20-11)13(17)15-12(14(18)19)9-4-2-1-3-5-9/h1-8,12H,(H,15,17)(H,18,19)/t12-/m1/s1. The van der Waals surface area contributed by atoms with Gasteiger partial charge >= 0.3 is 11.6 Å². The number of carboxylic acid groups (broad SMARTS) is 1. The quantitative estimate of drug-likeness (QED) is 0.872. The molecule has 0 aliphatic carbocycles. The van der Waals surface area contributed by atoms with Crippen LogP contribution in [0.15, 0.2) is 57.9 Å². The fourth-order valence-corrected chi connectivity index (χ4v) is 1.63. The lowest BCUT2D eigenvalue weighted by atomic mass is 10.1. The van der Waals surface area contributed by atoms with Gasteiger partial charge in [-0.1, -0.05) is 30.3 Å². The monoisotopic (exact) mass is 273 g/mol. The number of carbonyl (C=O) groups excluding carboxylic acids is 1. The van der Waals surface area contributed by atoms with Gasteiger partial charge in [0.15, 0.2) is 6.04 Å². The molecule has 102 valence electrons. The van der Waals surface area contributed by atoms with E-state index in [1.54, 1.807) is 30.3 Å². The van der Waals surface area contributed by atoms with Gasteiger partial charge in [0.1, 0.15) is 6.26 Å². The van der Waals surface area contributed by atoms with Crippen LogP contribution in [0.4, 0.5) is 0 Å². The van der Waals surface area contributed by atoms with Gasteiger partial charge in [0.25, 0.3) is 5.91 Å². The fraction of sp³-hybridized carbons (Fsp3) is 0.0714. The lowest BCUT2D eigenvalue weighted by Gasteiger charge is -2.14. The number of aliphatic carboxylic acids is 1. The first-order chi connectivity index (χ1) is 9.58. The molecule has 6 heteroatoms. The Bertz CT molecular complexity index is 657. The second kappa shape index (κ2) is 5.83. The van der Waals surface area contributed by atoms with Crippen LogP contribution in [0.5, 0.6) is 0 Å². The Kier molecular flexibility index (Phi) is 3.95. The third kappa shape index (κ3) is 3.11. The van der Waals surface area contributed by atoms with Crippen molar-refractivity contribution in [3.05, 3.63) is 70.3 Å². The Morgan fingerprint density at radius 2 is 1.80 bits per heavy atom. The van der Waals surface area contributed by atoms with Gasteiger partial charge in [-0.25, -0.2) is 9.59 Å². The van der Waals surface area contributed by atoms with Crippen molar-refractivity contribution in [2.24, 2.45) is 0 Å². The van der Waals surface area contributed by atoms with Crippen LogP contribution in [-0.4, -0.2) is 17.0 Å². The summed E-state index contributed by atoms with van der Waals surface area (Å²) in [4.78, 5) is 33.9. The highest BCUT2D eigenvalue weighted by molar-refractivity contribution is 5.96. The topological polar surface area (TPSA) is 96.6 Å². The predicted molar refractivity (Wildman–Crippen MR) is 69.3 cm³/mol. The van der Waals surface area contributed by atoms with Crippen molar-refractivity contribution >= 4 is 11.9 Å². The molecule has 0 aliphatic rings. The minimum Gasteiger partial charge on any atom is -0.479 e. The molecule has 1 aromatic carbocycles. The molecule has 0 spiro atoms. The highest BCUT2D eigenvalue weighted by Gasteiger charge is 2.22. The van der Waals surface area contributed by atoms with Crippen molar-refractivity contribution in [2.45, 2.75) is 6.04 Å². The number of hydrogen-bond donors (Lipinski definition) is 2. The molecule has 0 radical (unpaired) electrons. The molecule has 0 unspecified atom stereocenters.